The van der Waals surface area contributed by atoms with Crippen molar-refractivity contribution in [1.29, 1.82) is 0 Å². The van der Waals surface area contributed by atoms with Crippen molar-refractivity contribution >= 4 is 23.4 Å². The van der Waals surface area contributed by atoms with Crippen molar-refractivity contribution in [3.8, 4) is 17.2 Å². The molecule has 182 valence electrons. The number of hydrogen-bond acceptors (Lipinski definition) is 8. The first-order chi connectivity index (χ1) is 16.9. The number of thiazole rings is 1. The average molecular weight is 495 g/mol. The molecule has 0 fully saturated rings. The number of methoxy groups -OCH3 is 3. The lowest BCUT2D eigenvalue weighted by Crippen LogP contribution is -2.40. The van der Waals surface area contributed by atoms with E-state index in [4.69, 9.17) is 18.9 Å². The van der Waals surface area contributed by atoms with Crippen molar-refractivity contribution in [2.45, 2.75) is 19.9 Å². The highest BCUT2D eigenvalue weighted by Crippen LogP contribution is 2.36. The molecule has 0 amide bonds. The number of esters is 1. The van der Waals surface area contributed by atoms with Gasteiger partial charge in [0.05, 0.1) is 43.7 Å². The molecule has 0 N–H and O–H groups in total. The maximum absolute atomic E-state index is 13.8. The molecular formula is C26H26N2O6S. The smallest absolute Gasteiger partial charge is 0.338 e. The fourth-order valence-corrected chi connectivity index (χ4v) is 5.18. The maximum atomic E-state index is 13.8. The van der Waals surface area contributed by atoms with E-state index in [2.05, 4.69) is 4.99 Å². The molecule has 0 bridgehead atoms. The molecule has 0 unspecified atom stereocenters. The highest BCUT2D eigenvalue weighted by Gasteiger charge is 2.35. The fraction of sp³-hybridized carbons (Fsp3) is 0.269. The molecule has 1 aliphatic rings. The summed E-state index contributed by atoms with van der Waals surface area (Å²) in [4.78, 5) is 31.9. The van der Waals surface area contributed by atoms with Crippen LogP contribution in [0.2, 0.25) is 0 Å². The molecule has 1 atom stereocenters. The van der Waals surface area contributed by atoms with Crippen LogP contribution in [0.5, 0.6) is 17.2 Å². The molecule has 0 aliphatic carbocycles. The minimum Gasteiger partial charge on any atom is -0.496 e. The summed E-state index contributed by atoms with van der Waals surface area (Å²) in [6.07, 6.45) is 1.74. The molecule has 0 saturated heterocycles. The molecule has 0 radical (unpaired) electrons. The lowest BCUT2D eigenvalue weighted by atomic mass is 9.95. The zero-order valence-corrected chi connectivity index (χ0v) is 21.0. The molecule has 0 saturated carbocycles. The topological polar surface area (TPSA) is 88.4 Å². The molecule has 0 spiro atoms. The average Bonchev–Trinajstić information content (AvgIpc) is 3.17. The summed E-state index contributed by atoms with van der Waals surface area (Å²) in [6, 6.07) is 12.0. The van der Waals surface area contributed by atoms with Crippen LogP contribution in [0.15, 0.2) is 63.5 Å². The molecule has 8 nitrogen and oxygen atoms in total. The summed E-state index contributed by atoms with van der Waals surface area (Å²) >= 11 is 1.24. The Morgan fingerprint density at radius 1 is 1.06 bits per heavy atom. The lowest BCUT2D eigenvalue weighted by molar-refractivity contribution is -0.139. The van der Waals surface area contributed by atoms with Gasteiger partial charge in [-0.1, -0.05) is 41.7 Å². The summed E-state index contributed by atoms with van der Waals surface area (Å²) in [6.45, 7) is 3.69. The van der Waals surface area contributed by atoms with Crippen LogP contribution in [0.4, 0.5) is 0 Å². The Morgan fingerprint density at radius 3 is 2.46 bits per heavy atom. The van der Waals surface area contributed by atoms with Gasteiger partial charge in [-0.05, 0) is 32.1 Å². The molecule has 35 heavy (non-hydrogen) atoms. The van der Waals surface area contributed by atoms with Gasteiger partial charge in [-0.3, -0.25) is 9.36 Å². The molecule has 1 aliphatic heterocycles. The van der Waals surface area contributed by atoms with Crippen LogP contribution in [0.1, 0.15) is 31.0 Å². The van der Waals surface area contributed by atoms with E-state index in [1.165, 1.54) is 15.9 Å². The van der Waals surface area contributed by atoms with Crippen LogP contribution in [0.3, 0.4) is 0 Å². The lowest BCUT2D eigenvalue weighted by Gasteiger charge is -2.25. The number of ether oxygens (including phenoxy) is 4. The molecule has 9 heteroatoms. The number of carbonyl (C=O) groups excluding carboxylic acids is 1. The fourth-order valence-electron chi connectivity index (χ4n) is 4.14. The van der Waals surface area contributed by atoms with E-state index >= 15 is 0 Å². The van der Waals surface area contributed by atoms with E-state index in [1.807, 2.05) is 30.3 Å². The van der Waals surface area contributed by atoms with E-state index in [9.17, 15) is 9.59 Å². The standard InChI is InChI=1S/C26H26N2O6S/c1-6-34-25(30)21-15(2)27-26-28(22(21)17-11-7-8-12-18(17)31-3)24(29)20(35-26)14-16-10-9-13-19(32-4)23(16)33-5/h7-14,22H,6H2,1-5H3/b20-14+/t22-/m0/s1. The van der Waals surface area contributed by atoms with Gasteiger partial charge in [-0.2, -0.15) is 0 Å². The van der Waals surface area contributed by atoms with Gasteiger partial charge in [-0.15, -0.1) is 0 Å². The number of para-hydroxylation sites is 2. The number of carbonyl (C=O) groups is 1. The largest absolute Gasteiger partial charge is 0.496 e. The first-order valence-electron chi connectivity index (χ1n) is 11.0. The van der Waals surface area contributed by atoms with Crippen molar-refractivity contribution in [1.82, 2.24) is 4.57 Å². The number of nitrogens with zero attached hydrogens (tertiary/aromatic N) is 2. The van der Waals surface area contributed by atoms with Gasteiger partial charge in [0.1, 0.15) is 11.8 Å². The third kappa shape index (κ3) is 4.35. The Labute approximate surface area is 206 Å². The number of fused-ring (bicyclic) bond motifs is 1. The Kier molecular flexibility index (Phi) is 7.07. The first kappa shape index (κ1) is 24.3. The zero-order valence-electron chi connectivity index (χ0n) is 20.2. The number of allylic oxidation sites excluding steroid dienone is 1. The number of hydrogen-bond donors (Lipinski definition) is 0. The van der Waals surface area contributed by atoms with E-state index in [1.54, 1.807) is 53.4 Å². The third-order valence-electron chi connectivity index (χ3n) is 5.67. The predicted molar refractivity (Wildman–Crippen MR) is 133 cm³/mol. The molecule has 3 aromatic rings. The van der Waals surface area contributed by atoms with Crippen molar-refractivity contribution in [3.63, 3.8) is 0 Å². The van der Waals surface area contributed by atoms with Gasteiger partial charge in [-0.25, -0.2) is 9.79 Å². The molecule has 2 aromatic carbocycles. The van der Waals surface area contributed by atoms with Crippen molar-refractivity contribution < 1.29 is 23.7 Å². The molecule has 4 rings (SSSR count). The number of benzene rings is 2. The Morgan fingerprint density at radius 2 is 1.77 bits per heavy atom. The summed E-state index contributed by atoms with van der Waals surface area (Å²) in [7, 11) is 4.66. The second-order valence-electron chi connectivity index (χ2n) is 7.63. The molecular weight excluding hydrogens is 468 g/mol. The summed E-state index contributed by atoms with van der Waals surface area (Å²) in [5.74, 6) is 1.11. The van der Waals surface area contributed by atoms with Crippen LogP contribution in [-0.4, -0.2) is 38.5 Å². The zero-order chi connectivity index (χ0) is 25.1. The molecule has 2 heterocycles. The summed E-state index contributed by atoms with van der Waals surface area (Å²) < 4.78 is 23.8. The van der Waals surface area contributed by atoms with Crippen molar-refractivity contribution in [3.05, 3.63) is 84.5 Å². The first-order valence-corrected chi connectivity index (χ1v) is 11.8. The van der Waals surface area contributed by atoms with Gasteiger partial charge in [0, 0.05) is 11.1 Å². The number of rotatable bonds is 7. The van der Waals surface area contributed by atoms with E-state index in [0.717, 1.165) is 0 Å². The van der Waals surface area contributed by atoms with Gasteiger partial charge in [0.15, 0.2) is 16.3 Å². The predicted octanol–water partition coefficient (Wildman–Crippen LogP) is 2.82. The van der Waals surface area contributed by atoms with Gasteiger partial charge >= 0.3 is 5.97 Å². The third-order valence-corrected chi connectivity index (χ3v) is 6.65. The summed E-state index contributed by atoms with van der Waals surface area (Å²) in [5.41, 5.74) is 1.86. The summed E-state index contributed by atoms with van der Waals surface area (Å²) in [5, 5.41) is 0. The Bertz CT molecular complexity index is 1480. The van der Waals surface area contributed by atoms with Gasteiger partial charge < -0.3 is 18.9 Å². The van der Waals surface area contributed by atoms with Crippen LogP contribution < -0.4 is 29.1 Å². The van der Waals surface area contributed by atoms with E-state index in [0.29, 0.717) is 49.0 Å². The molecule has 1 aromatic heterocycles. The highest BCUT2D eigenvalue weighted by atomic mass is 32.1. The van der Waals surface area contributed by atoms with E-state index in [-0.39, 0.29) is 12.2 Å². The van der Waals surface area contributed by atoms with Crippen LogP contribution in [0, 0.1) is 0 Å². The Balaban J connectivity index is 2.00. The van der Waals surface area contributed by atoms with Crippen molar-refractivity contribution in [2.24, 2.45) is 4.99 Å². The van der Waals surface area contributed by atoms with Crippen molar-refractivity contribution in [2.75, 3.05) is 27.9 Å². The quantitative estimate of drug-likeness (QED) is 0.470. The monoisotopic (exact) mass is 494 g/mol. The van der Waals surface area contributed by atoms with E-state index < -0.39 is 12.0 Å². The SMILES string of the molecule is CCOC(=O)C1=C(C)N=c2s/c(=C/c3cccc(OC)c3OC)c(=O)n2[C@H]1c1ccccc1OC. The van der Waals surface area contributed by atoms with Gasteiger partial charge in [0.25, 0.3) is 5.56 Å². The second kappa shape index (κ2) is 10.2. The highest BCUT2D eigenvalue weighted by molar-refractivity contribution is 7.07. The van der Waals surface area contributed by atoms with Crippen LogP contribution >= 0.6 is 11.3 Å². The second-order valence-corrected chi connectivity index (χ2v) is 8.64. The van der Waals surface area contributed by atoms with Crippen LogP contribution in [0.25, 0.3) is 6.08 Å². The minimum atomic E-state index is -0.754. The number of aromatic nitrogens is 1. The van der Waals surface area contributed by atoms with Crippen LogP contribution in [-0.2, 0) is 9.53 Å². The minimum absolute atomic E-state index is 0.203. The van der Waals surface area contributed by atoms with Gasteiger partial charge in [0.2, 0.25) is 0 Å². The Hall–Kier alpha value is -3.85. The normalized spacial score (nSPS) is 15.3. The maximum Gasteiger partial charge on any atom is 0.338 e.